The zero-order valence-electron chi connectivity index (χ0n) is 14.4. The van der Waals surface area contributed by atoms with Gasteiger partial charge in [-0.1, -0.05) is 18.2 Å². The van der Waals surface area contributed by atoms with Crippen LogP contribution in [0.3, 0.4) is 0 Å². The maximum atomic E-state index is 6.18. The van der Waals surface area contributed by atoms with Crippen molar-refractivity contribution in [3.8, 4) is 17.2 Å². The van der Waals surface area contributed by atoms with Crippen molar-refractivity contribution in [2.24, 2.45) is 0 Å². The van der Waals surface area contributed by atoms with Crippen LogP contribution in [0.25, 0.3) is 10.9 Å². The van der Waals surface area contributed by atoms with Crippen molar-refractivity contribution in [3.63, 3.8) is 0 Å². The van der Waals surface area contributed by atoms with E-state index in [0.717, 1.165) is 36.5 Å². The summed E-state index contributed by atoms with van der Waals surface area (Å²) in [5.41, 5.74) is 3.58. The van der Waals surface area contributed by atoms with Gasteiger partial charge in [0, 0.05) is 24.8 Å². The Morgan fingerprint density at radius 1 is 1.16 bits per heavy atom. The van der Waals surface area contributed by atoms with E-state index < -0.39 is 6.41 Å². The Hall–Kier alpha value is -2.66. The van der Waals surface area contributed by atoms with Gasteiger partial charge in [0.25, 0.3) is 0 Å². The summed E-state index contributed by atoms with van der Waals surface area (Å²) in [5.74, 6) is 2.28. The number of fused-ring (bicyclic) bond motifs is 3. The van der Waals surface area contributed by atoms with Crippen LogP contribution in [0.5, 0.6) is 17.2 Å². The first-order valence-corrected chi connectivity index (χ1v) is 8.55. The van der Waals surface area contributed by atoms with Gasteiger partial charge in [-0.3, -0.25) is 4.57 Å². The fourth-order valence-electron chi connectivity index (χ4n) is 3.81. The predicted octanol–water partition coefficient (Wildman–Crippen LogP) is 3.57. The van der Waals surface area contributed by atoms with Crippen LogP contribution in [0.15, 0.2) is 42.6 Å². The van der Waals surface area contributed by atoms with Crippen molar-refractivity contribution in [1.82, 2.24) is 9.47 Å². The summed E-state index contributed by atoms with van der Waals surface area (Å²) in [6, 6.07) is 12.4. The predicted molar refractivity (Wildman–Crippen MR) is 95.3 cm³/mol. The van der Waals surface area contributed by atoms with E-state index in [1.807, 2.05) is 22.9 Å². The molecule has 0 radical (unpaired) electrons. The van der Waals surface area contributed by atoms with E-state index in [9.17, 15) is 0 Å². The number of ether oxygens (including phenoxy) is 3. The lowest BCUT2D eigenvalue weighted by Crippen LogP contribution is -2.26. The Morgan fingerprint density at radius 3 is 2.92 bits per heavy atom. The van der Waals surface area contributed by atoms with E-state index in [4.69, 9.17) is 14.2 Å². The number of rotatable bonds is 2. The second kappa shape index (κ2) is 5.43. The van der Waals surface area contributed by atoms with E-state index in [1.165, 1.54) is 16.5 Å². The second-order valence-electron chi connectivity index (χ2n) is 6.69. The van der Waals surface area contributed by atoms with Gasteiger partial charge in [0.2, 0.25) is 5.75 Å². The normalized spacial score (nSPS) is 19.2. The molecule has 128 valence electrons. The number of aromatic nitrogens is 1. The molecule has 1 atom stereocenters. The van der Waals surface area contributed by atoms with Gasteiger partial charge in [-0.2, -0.15) is 0 Å². The summed E-state index contributed by atoms with van der Waals surface area (Å²) in [4.78, 5) is 2.30. The van der Waals surface area contributed by atoms with Crippen LogP contribution in [-0.4, -0.2) is 30.2 Å². The first-order valence-electron chi connectivity index (χ1n) is 8.55. The molecule has 5 rings (SSSR count). The van der Waals surface area contributed by atoms with E-state index in [2.05, 4.69) is 36.2 Å². The summed E-state index contributed by atoms with van der Waals surface area (Å²) >= 11 is 0. The summed E-state index contributed by atoms with van der Waals surface area (Å²) in [6.07, 6.45) is 2.49. The van der Waals surface area contributed by atoms with Crippen LogP contribution in [0.4, 0.5) is 0 Å². The SMILES string of the molecule is COc1c2c(cc3c1OC(n1ccc4ccccc41)O3)CCN(C)C2. The smallest absolute Gasteiger partial charge is 0.331 e. The zero-order chi connectivity index (χ0) is 17.0. The first kappa shape index (κ1) is 14.7. The van der Waals surface area contributed by atoms with Gasteiger partial charge in [0.15, 0.2) is 11.5 Å². The molecule has 0 saturated carbocycles. The van der Waals surface area contributed by atoms with Gasteiger partial charge < -0.3 is 19.1 Å². The fourth-order valence-corrected chi connectivity index (χ4v) is 3.81. The molecule has 2 aliphatic rings. The number of para-hydroxylation sites is 1. The number of benzene rings is 2. The van der Waals surface area contributed by atoms with E-state index in [-0.39, 0.29) is 0 Å². The highest BCUT2D eigenvalue weighted by molar-refractivity contribution is 5.80. The van der Waals surface area contributed by atoms with Gasteiger partial charge in [-0.25, -0.2) is 0 Å². The molecule has 3 aromatic rings. The van der Waals surface area contributed by atoms with Crippen LogP contribution >= 0.6 is 0 Å². The van der Waals surface area contributed by atoms with Crippen molar-refractivity contribution in [2.45, 2.75) is 19.4 Å². The minimum absolute atomic E-state index is 0.509. The second-order valence-corrected chi connectivity index (χ2v) is 6.69. The molecule has 1 aromatic heterocycles. The van der Waals surface area contributed by atoms with E-state index >= 15 is 0 Å². The van der Waals surface area contributed by atoms with Crippen LogP contribution < -0.4 is 14.2 Å². The van der Waals surface area contributed by atoms with Crippen molar-refractivity contribution >= 4 is 10.9 Å². The van der Waals surface area contributed by atoms with Crippen LogP contribution in [0.1, 0.15) is 17.5 Å². The average Bonchev–Trinajstić information content (AvgIpc) is 3.23. The van der Waals surface area contributed by atoms with Gasteiger partial charge in [-0.05, 0) is 42.6 Å². The Morgan fingerprint density at radius 2 is 2.04 bits per heavy atom. The lowest BCUT2D eigenvalue weighted by atomic mass is 9.98. The number of methoxy groups -OCH3 is 1. The Kier molecular flexibility index (Phi) is 3.18. The van der Waals surface area contributed by atoms with Gasteiger partial charge in [0.05, 0.1) is 12.6 Å². The molecule has 0 aliphatic carbocycles. The van der Waals surface area contributed by atoms with E-state index in [1.54, 1.807) is 7.11 Å². The standard InChI is InChI=1S/C20H20N2O3/c1-21-9-7-14-11-17-19(18(23-2)15(14)12-21)25-20(24-17)22-10-8-13-5-3-4-6-16(13)22/h3-6,8,10-11,20H,7,9,12H2,1-2H3. The molecule has 3 heterocycles. The number of hydrogen-bond donors (Lipinski definition) is 0. The number of hydrogen-bond acceptors (Lipinski definition) is 4. The third-order valence-corrected chi connectivity index (χ3v) is 5.10. The molecule has 0 spiro atoms. The minimum atomic E-state index is -0.509. The molecule has 0 N–H and O–H groups in total. The van der Waals surface area contributed by atoms with Crippen molar-refractivity contribution in [3.05, 3.63) is 53.7 Å². The number of likely N-dealkylation sites (N-methyl/N-ethyl adjacent to an activating group) is 1. The highest BCUT2D eigenvalue weighted by Crippen LogP contribution is 2.50. The molecular formula is C20H20N2O3. The quantitative estimate of drug-likeness (QED) is 0.717. The summed E-state index contributed by atoms with van der Waals surface area (Å²) in [5, 5.41) is 1.17. The van der Waals surface area contributed by atoms with Crippen molar-refractivity contribution < 1.29 is 14.2 Å². The van der Waals surface area contributed by atoms with Crippen LogP contribution in [0, 0.1) is 0 Å². The maximum absolute atomic E-state index is 6.18. The summed E-state index contributed by atoms with van der Waals surface area (Å²) < 4.78 is 20.1. The molecule has 2 aromatic carbocycles. The molecule has 0 saturated heterocycles. The molecule has 25 heavy (non-hydrogen) atoms. The van der Waals surface area contributed by atoms with Gasteiger partial charge in [-0.15, -0.1) is 0 Å². The Bertz CT molecular complexity index is 963. The molecule has 0 fully saturated rings. The highest BCUT2D eigenvalue weighted by Gasteiger charge is 2.33. The van der Waals surface area contributed by atoms with Gasteiger partial charge >= 0.3 is 6.41 Å². The Balaban J connectivity index is 1.58. The molecule has 2 aliphatic heterocycles. The molecular weight excluding hydrogens is 316 g/mol. The zero-order valence-corrected chi connectivity index (χ0v) is 14.4. The largest absolute Gasteiger partial charge is 0.492 e. The molecule has 5 heteroatoms. The molecule has 1 unspecified atom stereocenters. The number of nitrogens with zero attached hydrogens (tertiary/aromatic N) is 2. The lowest BCUT2D eigenvalue weighted by molar-refractivity contribution is -0.0148. The highest BCUT2D eigenvalue weighted by atomic mass is 16.7. The van der Waals surface area contributed by atoms with Crippen molar-refractivity contribution in [2.75, 3.05) is 20.7 Å². The third kappa shape index (κ3) is 2.19. The monoisotopic (exact) mass is 336 g/mol. The maximum Gasteiger partial charge on any atom is 0.331 e. The first-order chi connectivity index (χ1) is 12.2. The van der Waals surface area contributed by atoms with E-state index in [0.29, 0.717) is 5.75 Å². The van der Waals surface area contributed by atoms with Crippen LogP contribution in [0.2, 0.25) is 0 Å². The molecule has 0 bridgehead atoms. The van der Waals surface area contributed by atoms with Crippen molar-refractivity contribution in [1.29, 1.82) is 0 Å². The lowest BCUT2D eigenvalue weighted by Gasteiger charge is -2.26. The van der Waals surface area contributed by atoms with Crippen LogP contribution in [-0.2, 0) is 13.0 Å². The average molecular weight is 336 g/mol. The summed E-state index contributed by atoms with van der Waals surface area (Å²) in [7, 11) is 3.83. The third-order valence-electron chi connectivity index (χ3n) is 5.10. The topological polar surface area (TPSA) is 35.9 Å². The summed E-state index contributed by atoms with van der Waals surface area (Å²) in [6.45, 7) is 1.91. The fraction of sp³-hybridized carbons (Fsp3) is 0.300. The van der Waals surface area contributed by atoms with Gasteiger partial charge in [0.1, 0.15) is 0 Å². The molecule has 0 amide bonds. The molecule has 5 nitrogen and oxygen atoms in total. The Labute approximate surface area is 146 Å². The minimum Gasteiger partial charge on any atom is -0.492 e.